The molecule has 5 heteroatoms. The van der Waals surface area contributed by atoms with Crippen molar-refractivity contribution in [3.8, 4) is 5.75 Å². The molecule has 0 heterocycles. The van der Waals surface area contributed by atoms with Crippen molar-refractivity contribution in [2.24, 2.45) is 5.10 Å². The SMILES string of the molecule is CC[C@@H](Nc1ccccc1)C(=O)N/N=C/c1ccccc1O. The number of para-hydroxylation sites is 2. The molecule has 2 rings (SSSR count). The van der Waals surface area contributed by atoms with E-state index in [9.17, 15) is 9.90 Å². The summed E-state index contributed by atoms with van der Waals surface area (Å²) in [6.07, 6.45) is 2.05. The zero-order valence-corrected chi connectivity index (χ0v) is 12.4. The molecule has 3 N–H and O–H groups in total. The summed E-state index contributed by atoms with van der Waals surface area (Å²) in [5.74, 6) is -0.104. The van der Waals surface area contributed by atoms with E-state index < -0.39 is 0 Å². The fraction of sp³-hybridized carbons (Fsp3) is 0.176. The van der Waals surface area contributed by atoms with Gasteiger partial charge in [0, 0.05) is 11.3 Å². The summed E-state index contributed by atoms with van der Waals surface area (Å²) < 4.78 is 0. The number of hydrogen-bond donors (Lipinski definition) is 3. The van der Waals surface area contributed by atoms with Gasteiger partial charge in [0.15, 0.2) is 0 Å². The molecule has 2 aromatic rings. The van der Waals surface area contributed by atoms with Crippen LogP contribution in [0.2, 0.25) is 0 Å². The average Bonchev–Trinajstić information content (AvgIpc) is 2.55. The molecule has 1 amide bonds. The molecule has 22 heavy (non-hydrogen) atoms. The standard InChI is InChI=1S/C17H19N3O2/c1-2-15(19-14-9-4-3-5-10-14)17(22)20-18-12-13-8-6-7-11-16(13)21/h3-12,15,19,21H,2H2,1H3,(H,20,22)/b18-12+/t15-/m1/s1. The van der Waals surface area contributed by atoms with Gasteiger partial charge in [0.25, 0.3) is 5.91 Å². The third kappa shape index (κ3) is 4.34. The van der Waals surface area contributed by atoms with E-state index in [2.05, 4.69) is 15.8 Å². The zero-order chi connectivity index (χ0) is 15.8. The minimum Gasteiger partial charge on any atom is -0.507 e. The van der Waals surface area contributed by atoms with Gasteiger partial charge in [-0.15, -0.1) is 0 Å². The van der Waals surface area contributed by atoms with E-state index in [4.69, 9.17) is 0 Å². The van der Waals surface area contributed by atoms with Crippen LogP contribution in [0.4, 0.5) is 5.69 Å². The van der Waals surface area contributed by atoms with E-state index in [0.717, 1.165) is 5.69 Å². The highest BCUT2D eigenvalue weighted by molar-refractivity contribution is 5.87. The lowest BCUT2D eigenvalue weighted by Crippen LogP contribution is -2.36. The fourth-order valence-electron chi connectivity index (χ4n) is 1.93. The first-order chi connectivity index (χ1) is 10.7. The van der Waals surface area contributed by atoms with Crippen molar-refractivity contribution in [3.05, 3.63) is 60.2 Å². The lowest BCUT2D eigenvalue weighted by Gasteiger charge is -2.16. The van der Waals surface area contributed by atoms with E-state index in [1.165, 1.54) is 6.21 Å². The van der Waals surface area contributed by atoms with E-state index in [-0.39, 0.29) is 17.7 Å². The Hall–Kier alpha value is -2.82. The Kier molecular flexibility index (Phi) is 5.54. The number of hydrogen-bond acceptors (Lipinski definition) is 4. The number of nitrogens with zero attached hydrogens (tertiary/aromatic N) is 1. The highest BCUT2D eigenvalue weighted by atomic mass is 16.3. The lowest BCUT2D eigenvalue weighted by molar-refractivity contribution is -0.121. The maximum atomic E-state index is 12.1. The van der Waals surface area contributed by atoms with Gasteiger partial charge in [-0.2, -0.15) is 5.10 Å². The van der Waals surface area contributed by atoms with Crippen LogP contribution in [0.1, 0.15) is 18.9 Å². The van der Waals surface area contributed by atoms with Crippen LogP contribution in [0.3, 0.4) is 0 Å². The zero-order valence-electron chi connectivity index (χ0n) is 12.4. The van der Waals surface area contributed by atoms with Gasteiger partial charge < -0.3 is 10.4 Å². The highest BCUT2D eigenvalue weighted by Crippen LogP contribution is 2.12. The van der Waals surface area contributed by atoms with Gasteiger partial charge in [0.05, 0.1) is 6.21 Å². The molecule has 0 spiro atoms. The molecule has 0 aliphatic carbocycles. The molecule has 0 fully saturated rings. The Morgan fingerprint density at radius 3 is 2.55 bits per heavy atom. The molecular formula is C17H19N3O2. The summed E-state index contributed by atoms with van der Waals surface area (Å²) in [4.78, 5) is 12.1. The van der Waals surface area contributed by atoms with Crippen molar-refractivity contribution >= 4 is 17.8 Å². The topological polar surface area (TPSA) is 73.7 Å². The van der Waals surface area contributed by atoms with Crippen LogP contribution >= 0.6 is 0 Å². The second-order valence-electron chi connectivity index (χ2n) is 4.76. The lowest BCUT2D eigenvalue weighted by atomic mass is 10.2. The fourth-order valence-corrected chi connectivity index (χ4v) is 1.93. The van der Waals surface area contributed by atoms with Gasteiger partial charge in [0.2, 0.25) is 0 Å². The molecule has 2 aromatic carbocycles. The Balaban J connectivity index is 1.94. The Morgan fingerprint density at radius 2 is 1.86 bits per heavy atom. The first-order valence-electron chi connectivity index (χ1n) is 7.13. The molecule has 0 aliphatic heterocycles. The van der Waals surface area contributed by atoms with Crippen LogP contribution in [-0.4, -0.2) is 23.3 Å². The van der Waals surface area contributed by atoms with Gasteiger partial charge in [-0.3, -0.25) is 4.79 Å². The van der Waals surface area contributed by atoms with Gasteiger partial charge in [-0.1, -0.05) is 37.3 Å². The van der Waals surface area contributed by atoms with Crippen LogP contribution in [0, 0.1) is 0 Å². The average molecular weight is 297 g/mol. The molecule has 114 valence electrons. The van der Waals surface area contributed by atoms with Gasteiger partial charge in [-0.25, -0.2) is 5.43 Å². The smallest absolute Gasteiger partial charge is 0.262 e. The van der Waals surface area contributed by atoms with Crippen molar-refractivity contribution in [2.75, 3.05) is 5.32 Å². The van der Waals surface area contributed by atoms with E-state index in [1.807, 2.05) is 37.3 Å². The molecule has 0 saturated heterocycles. The summed E-state index contributed by atoms with van der Waals surface area (Å²) in [6.45, 7) is 1.92. The van der Waals surface area contributed by atoms with Gasteiger partial charge in [0.1, 0.15) is 11.8 Å². The quantitative estimate of drug-likeness (QED) is 0.567. The largest absolute Gasteiger partial charge is 0.507 e. The molecule has 5 nitrogen and oxygen atoms in total. The van der Waals surface area contributed by atoms with E-state index >= 15 is 0 Å². The number of benzene rings is 2. The summed E-state index contributed by atoms with van der Waals surface area (Å²) in [5, 5.41) is 16.7. The summed E-state index contributed by atoms with van der Waals surface area (Å²) in [6, 6.07) is 16.0. The number of aromatic hydroxyl groups is 1. The minimum atomic E-state index is -0.371. The van der Waals surface area contributed by atoms with Gasteiger partial charge >= 0.3 is 0 Å². The van der Waals surface area contributed by atoms with Crippen molar-refractivity contribution in [3.63, 3.8) is 0 Å². The van der Waals surface area contributed by atoms with Crippen LogP contribution < -0.4 is 10.7 Å². The first kappa shape index (κ1) is 15.6. The van der Waals surface area contributed by atoms with Crippen LogP contribution in [0.5, 0.6) is 5.75 Å². The Morgan fingerprint density at radius 1 is 1.18 bits per heavy atom. The number of phenolic OH excluding ortho intramolecular Hbond substituents is 1. The number of amides is 1. The Labute approximate surface area is 129 Å². The molecule has 0 aromatic heterocycles. The molecule has 0 saturated carbocycles. The number of anilines is 1. The first-order valence-corrected chi connectivity index (χ1v) is 7.13. The number of carbonyl (C=O) groups is 1. The number of phenols is 1. The predicted molar refractivity (Wildman–Crippen MR) is 88.0 cm³/mol. The normalized spacial score (nSPS) is 12.0. The molecule has 0 radical (unpaired) electrons. The molecular weight excluding hydrogens is 278 g/mol. The van der Waals surface area contributed by atoms with Crippen molar-refractivity contribution < 1.29 is 9.90 Å². The third-order valence-electron chi connectivity index (χ3n) is 3.15. The molecule has 0 aliphatic rings. The second-order valence-corrected chi connectivity index (χ2v) is 4.76. The third-order valence-corrected chi connectivity index (χ3v) is 3.15. The number of rotatable bonds is 6. The van der Waals surface area contributed by atoms with E-state index in [1.54, 1.807) is 24.3 Å². The molecule has 1 atom stereocenters. The predicted octanol–water partition coefficient (Wildman–Crippen LogP) is 2.73. The maximum Gasteiger partial charge on any atom is 0.262 e. The highest BCUT2D eigenvalue weighted by Gasteiger charge is 2.15. The van der Waals surface area contributed by atoms with Crippen molar-refractivity contribution in [1.29, 1.82) is 0 Å². The van der Waals surface area contributed by atoms with Crippen LogP contribution in [0.25, 0.3) is 0 Å². The number of carbonyl (C=O) groups excluding carboxylic acids is 1. The van der Waals surface area contributed by atoms with Crippen LogP contribution in [-0.2, 0) is 4.79 Å². The maximum absolute atomic E-state index is 12.1. The van der Waals surface area contributed by atoms with Crippen LogP contribution in [0.15, 0.2) is 59.7 Å². The Bertz CT molecular complexity index is 641. The summed E-state index contributed by atoms with van der Waals surface area (Å²) in [5.41, 5.74) is 3.92. The summed E-state index contributed by atoms with van der Waals surface area (Å²) in [7, 11) is 0. The molecule has 0 unspecified atom stereocenters. The monoisotopic (exact) mass is 297 g/mol. The number of nitrogens with one attached hydrogen (secondary N) is 2. The van der Waals surface area contributed by atoms with Crippen molar-refractivity contribution in [2.45, 2.75) is 19.4 Å². The molecule has 0 bridgehead atoms. The second kappa shape index (κ2) is 7.83. The van der Waals surface area contributed by atoms with E-state index in [0.29, 0.717) is 12.0 Å². The number of hydrazone groups is 1. The van der Waals surface area contributed by atoms with Crippen molar-refractivity contribution in [1.82, 2.24) is 5.43 Å². The summed E-state index contributed by atoms with van der Waals surface area (Å²) >= 11 is 0. The van der Waals surface area contributed by atoms with Gasteiger partial charge in [-0.05, 0) is 30.7 Å². The minimum absolute atomic E-state index is 0.120.